The third kappa shape index (κ3) is 2.54. The molecule has 0 saturated heterocycles. The lowest BCUT2D eigenvalue weighted by Gasteiger charge is -2.08. The number of halogens is 4. The number of rotatable bonds is 2. The van der Waals surface area contributed by atoms with E-state index in [9.17, 15) is 4.39 Å². The molecule has 0 heterocycles. The molecule has 0 aliphatic rings. The van der Waals surface area contributed by atoms with Gasteiger partial charge in [-0.15, -0.1) is 0 Å². The van der Waals surface area contributed by atoms with Crippen molar-refractivity contribution in [2.75, 3.05) is 0 Å². The van der Waals surface area contributed by atoms with Crippen molar-refractivity contribution in [3.05, 3.63) is 56.2 Å². The molecule has 0 amide bonds. The zero-order chi connectivity index (χ0) is 13.3. The summed E-state index contributed by atoms with van der Waals surface area (Å²) in [6.07, 6.45) is 0. The van der Waals surface area contributed by atoms with Crippen LogP contribution in [-0.2, 0) is 6.54 Å². The van der Waals surface area contributed by atoms with Gasteiger partial charge in [0.25, 0.3) is 0 Å². The highest BCUT2D eigenvalue weighted by Crippen LogP contribution is 2.34. The minimum atomic E-state index is -0.470. The molecule has 5 heteroatoms. The molecular formula is C13H9BrCl2FN. The smallest absolute Gasteiger partial charge is 0.150 e. The zero-order valence-electron chi connectivity index (χ0n) is 9.18. The molecule has 0 aromatic heterocycles. The van der Waals surface area contributed by atoms with E-state index in [0.29, 0.717) is 27.2 Å². The van der Waals surface area contributed by atoms with Crippen molar-refractivity contribution in [3.8, 4) is 11.1 Å². The molecule has 94 valence electrons. The van der Waals surface area contributed by atoms with Crippen LogP contribution in [-0.4, -0.2) is 0 Å². The molecule has 2 rings (SSSR count). The summed E-state index contributed by atoms with van der Waals surface area (Å²) in [7, 11) is 0. The molecule has 0 aliphatic heterocycles. The van der Waals surface area contributed by atoms with E-state index in [1.54, 1.807) is 30.3 Å². The van der Waals surface area contributed by atoms with Crippen LogP contribution >= 0.6 is 39.1 Å². The Kier molecular flexibility index (Phi) is 4.28. The molecule has 0 saturated carbocycles. The zero-order valence-corrected chi connectivity index (χ0v) is 12.3. The lowest BCUT2D eigenvalue weighted by Crippen LogP contribution is -1.97. The van der Waals surface area contributed by atoms with E-state index >= 15 is 0 Å². The molecule has 2 aromatic carbocycles. The molecular weight excluding hydrogens is 340 g/mol. The monoisotopic (exact) mass is 347 g/mol. The van der Waals surface area contributed by atoms with E-state index in [1.165, 1.54) is 0 Å². The number of benzene rings is 2. The summed E-state index contributed by atoms with van der Waals surface area (Å²) in [6.45, 7) is 0.350. The minimum Gasteiger partial charge on any atom is -0.326 e. The van der Waals surface area contributed by atoms with Crippen LogP contribution in [0.5, 0.6) is 0 Å². The van der Waals surface area contributed by atoms with E-state index in [2.05, 4.69) is 15.9 Å². The fourth-order valence-electron chi connectivity index (χ4n) is 1.63. The Labute approximate surface area is 123 Å². The van der Waals surface area contributed by atoms with Gasteiger partial charge in [-0.1, -0.05) is 41.4 Å². The second-order valence-electron chi connectivity index (χ2n) is 3.73. The fourth-order valence-corrected chi connectivity index (χ4v) is 2.36. The van der Waals surface area contributed by atoms with Crippen molar-refractivity contribution in [1.82, 2.24) is 0 Å². The van der Waals surface area contributed by atoms with E-state index in [0.717, 1.165) is 5.56 Å². The van der Waals surface area contributed by atoms with E-state index in [-0.39, 0.29) is 5.02 Å². The summed E-state index contributed by atoms with van der Waals surface area (Å²) in [5.74, 6) is -0.470. The van der Waals surface area contributed by atoms with Crippen LogP contribution in [0.3, 0.4) is 0 Å². The van der Waals surface area contributed by atoms with Crippen LogP contribution in [0.25, 0.3) is 11.1 Å². The molecule has 0 bridgehead atoms. The van der Waals surface area contributed by atoms with Crippen LogP contribution in [0.2, 0.25) is 10.0 Å². The van der Waals surface area contributed by atoms with Gasteiger partial charge in [-0.2, -0.15) is 0 Å². The first-order chi connectivity index (χ1) is 8.54. The summed E-state index contributed by atoms with van der Waals surface area (Å²) in [4.78, 5) is 0. The van der Waals surface area contributed by atoms with Gasteiger partial charge in [0, 0.05) is 21.6 Å². The molecule has 0 spiro atoms. The topological polar surface area (TPSA) is 26.0 Å². The van der Waals surface area contributed by atoms with Crippen molar-refractivity contribution in [2.24, 2.45) is 5.73 Å². The SMILES string of the molecule is NCc1ccc(-c2ccc(Br)c(Cl)c2F)cc1Cl. The molecule has 0 aliphatic carbocycles. The van der Waals surface area contributed by atoms with E-state index in [4.69, 9.17) is 28.9 Å². The lowest BCUT2D eigenvalue weighted by atomic mass is 10.0. The van der Waals surface area contributed by atoms with E-state index < -0.39 is 5.82 Å². The summed E-state index contributed by atoms with van der Waals surface area (Å²) in [5.41, 5.74) is 7.43. The van der Waals surface area contributed by atoms with Crippen LogP contribution in [0.4, 0.5) is 4.39 Å². The Morgan fingerprint density at radius 1 is 1.17 bits per heavy atom. The Balaban J connectivity index is 2.56. The third-order valence-electron chi connectivity index (χ3n) is 2.62. The Bertz CT molecular complexity index is 602. The highest BCUT2D eigenvalue weighted by Gasteiger charge is 2.12. The number of hydrogen-bond acceptors (Lipinski definition) is 1. The van der Waals surface area contributed by atoms with Crippen molar-refractivity contribution in [2.45, 2.75) is 6.54 Å². The maximum absolute atomic E-state index is 14.0. The summed E-state index contributed by atoms with van der Waals surface area (Å²) >= 11 is 15.1. The predicted molar refractivity (Wildman–Crippen MR) is 77.4 cm³/mol. The summed E-state index contributed by atoms with van der Waals surface area (Å²) in [5, 5.41) is 0.583. The Hall–Kier alpha value is -0.610. The Morgan fingerprint density at radius 2 is 1.89 bits per heavy atom. The van der Waals surface area contributed by atoms with Gasteiger partial charge in [0.05, 0.1) is 5.02 Å². The first-order valence-electron chi connectivity index (χ1n) is 5.17. The maximum Gasteiger partial charge on any atom is 0.150 e. The largest absolute Gasteiger partial charge is 0.326 e. The van der Waals surface area contributed by atoms with Gasteiger partial charge in [0.1, 0.15) is 0 Å². The van der Waals surface area contributed by atoms with Gasteiger partial charge in [0.15, 0.2) is 5.82 Å². The number of hydrogen-bond donors (Lipinski definition) is 1. The highest BCUT2D eigenvalue weighted by molar-refractivity contribution is 9.10. The van der Waals surface area contributed by atoms with Crippen LogP contribution in [0.1, 0.15) is 5.56 Å². The standard InChI is InChI=1S/C13H9BrCl2FN/c14-10-4-3-9(13(17)12(10)16)7-1-2-8(6-18)11(15)5-7/h1-5H,6,18H2. The first-order valence-corrected chi connectivity index (χ1v) is 6.72. The summed E-state index contributed by atoms with van der Waals surface area (Å²) < 4.78 is 14.6. The normalized spacial score (nSPS) is 10.7. The van der Waals surface area contributed by atoms with Crippen LogP contribution < -0.4 is 5.73 Å². The van der Waals surface area contributed by atoms with Gasteiger partial charge in [-0.05, 0) is 39.2 Å². The molecule has 0 atom stereocenters. The van der Waals surface area contributed by atoms with Crippen LogP contribution in [0, 0.1) is 5.82 Å². The van der Waals surface area contributed by atoms with E-state index in [1.807, 2.05) is 0 Å². The second kappa shape index (κ2) is 5.57. The van der Waals surface area contributed by atoms with Crippen molar-refractivity contribution in [3.63, 3.8) is 0 Å². The molecule has 0 unspecified atom stereocenters. The lowest BCUT2D eigenvalue weighted by molar-refractivity contribution is 0.631. The third-order valence-corrected chi connectivity index (χ3v) is 4.23. The second-order valence-corrected chi connectivity index (χ2v) is 5.37. The predicted octanol–water partition coefficient (Wildman–Crippen LogP) is 5.02. The quantitative estimate of drug-likeness (QED) is 0.757. The average Bonchev–Trinajstić information content (AvgIpc) is 2.36. The highest BCUT2D eigenvalue weighted by atomic mass is 79.9. The van der Waals surface area contributed by atoms with Crippen molar-refractivity contribution >= 4 is 39.1 Å². The molecule has 0 radical (unpaired) electrons. The number of nitrogens with two attached hydrogens (primary N) is 1. The average molecular weight is 349 g/mol. The molecule has 18 heavy (non-hydrogen) atoms. The fraction of sp³-hybridized carbons (Fsp3) is 0.0769. The Morgan fingerprint density at radius 3 is 2.50 bits per heavy atom. The molecule has 0 fully saturated rings. The first kappa shape index (κ1) is 13.8. The molecule has 1 nitrogen and oxygen atoms in total. The molecule has 2 N–H and O–H groups in total. The van der Waals surface area contributed by atoms with Gasteiger partial charge < -0.3 is 5.73 Å². The van der Waals surface area contributed by atoms with Crippen molar-refractivity contribution < 1.29 is 4.39 Å². The van der Waals surface area contributed by atoms with Gasteiger partial charge in [-0.25, -0.2) is 4.39 Å². The van der Waals surface area contributed by atoms with Gasteiger partial charge >= 0.3 is 0 Å². The van der Waals surface area contributed by atoms with Gasteiger partial charge in [0.2, 0.25) is 0 Å². The minimum absolute atomic E-state index is 0.0616. The summed E-state index contributed by atoms with van der Waals surface area (Å²) in [6, 6.07) is 8.60. The molecule has 2 aromatic rings. The van der Waals surface area contributed by atoms with Gasteiger partial charge in [-0.3, -0.25) is 0 Å². The van der Waals surface area contributed by atoms with Crippen molar-refractivity contribution in [1.29, 1.82) is 0 Å². The maximum atomic E-state index is 14.0. The van der Waals surface area contributed by atoms with Crippen LogP contribution in [0.15, 0.2) is 34.8 Å².